The van der Waals surface area contributed by atoms with Crippen LogP contribution >= 0.6 is 11.6 Å². The summed E-state index contributed by atoms with van der Waals surface area (Å²) in [5.41, 5.74) is 4.60. The Bertz CT molecular complexity index is 705. The van der Waals surface area contributed by atoms with Gasteiger partial charge in [-0.3, -0.25) is 9.69 Å². The zero-order chi connectivity index (χ0) is 17.1. The van der Waals surface area contributed by atoms with Crippen molar-refractivity contribution >= 4 is 17.5 Å². The molecule has 1 fully saturated rings. The first-order chi connectivity index (χ1) is 11.6. The molecule has 1 aromatic heterocycles. The number of benzene rings is 1. The number of aryl methyl sites for hydroxylation is 1. The van der Waals surface area contributed by atoms with Crippen LogP contribution in [-0.2, 0) is 11.3 Å². The van der Waals surface area contributed by atoms with Gasteiger partial charge in [-0.2, -0.15) is 5.10 Å². The number of halogens is 1. The van der Waals surface area contributed by atoms with Gasteiger partial charge >= 0.3 is 0 Å². The van der Waals surface area contributed by atoms with Crippen LogP contribution in [0.2, 0.25) is 0 Å². The van der Waals surface area contributed by atoms with Crippen molar-refractivity contribution in [3.8, 4) is 5.69 Å². The van der Waals surface area contributed by atoms with E-state index in [-0.39, 0.29) is 11.8 Å². The van der Waals surface area contributed by atoms with Gasteiger partial charge in [-0.1, -0.05) is 18.2 Å². The van der Waals surface area contributed by atoms with Gasteiger partial charge in [-0.25, -0.2) is 4.68 Å². The summed E-state index contributed by atoms with van der Waals surface area (Å²) in [5, 5.41) is 4.71. The molecular formula is C18H23ClN4O. The monoisotopic (exact) mass is 346 g/mol. The molecule has 5 nitrogen and oxygen atoms in total. The van der Waals surface area contributed by atoms with E-state index < -0.39 is 0 Å². The minimum Gasteiger partial charge on any atom is -0.339 e. The summed E-state index contributed by atoms with van der Waals surface area (Å²) in [4.78, 5) is 15.9. The summed E-state index contributed by atoms with van der Waals surface area (Å²) < 4.78 is 2.01. The average molecular weight is 347 g/mol. The summed E-state index contributed by atoms with van der Waals surface area (Å²) in [6.45, 7) is 8.29. The first-order valence-electron chi connectivity index (χ1n) is 8.26. The molecule has 1 saturated heterocycles. The molecule has 2 heterocycles. The lowest BCUT2D eigenvalue weighted by molar-refractivity contribution is -0.130. The minimum atomic E-state index is 0.0283. The van der Waals surface area contributed by atoms with Crippen LogP contribution in [-0.4, -0.2) is 57.5 Å². The van der Waals surface area contributed by atoms with Crippen LogP contribution in [0.15, 0.2) is 30.3 Å². The Kier molecular flexibility index (Phi) is 5.21. The molecule has 1 aromatic carbocycles. The van der Waals surface area contributed by atoms with Crippen molar-refractivity contribution in [1.82, 2.24) is 19.6 Å². The quantitative estimate of drug-likeness (QED) is 0.798. The molecule has 0 N–H and O–H groups in total. The summed E-state index contributed by atoms with van der Waals surface area (Å²) in [5.74, 6) is 0.0998. The molecule has 6 heteroatoms. The fraction of sp³-hybridized carbons (Fsp3) is 0.444. The number of aromatic nitrogens is 2. The maximum atomic E-state index is 11.7. The maximum absolute atomic E-state index is 11.7. The highest BCUT2D eigenvalue weighted by atomic mass is 35.5. The van der Waals surface area contributed by atoms with Crippen molar-refractivity contribution in [3.63, 3.8) is 0 Å². The van der Waals surface area contributed by atoms with Crippen LogP contribution in [0.3, 0.4) is 0 Å². The van der Waals surface area contributed by atoms with Gasteiger partial charge in [0.15, 0.2) is 0 Å². The second-order valence-electron chi connectivity index (χ2n) is 6.19. The molecule has 0 radical (unpaired) electrons. The number of alkyl halides is 1. The second kappa shape index (κ2) is 7.36. The summed E-state index contributed by atoms with van der Waals surface area (Å²) in [6, 6.07) is 10.2. The highest BCUT2D eigenvalue weighted by Crippen LogP contribution is 2.20. The van der Waals surface area contributed by atoms with Crippen LogP contribution in [0.25, 0.3) is 5.69 Å². The predicted molar refractivity (Wildman–Crippen MR) is 95.6 cm³/mol. The molecule has 3 rings (SSSR count). The zero-order valence-corrected chi connectivity index (χ0v) is 15.0. The topological polar surface area (TPSA) is 41.4 Å². The Morgan fingerprint density at radius 2 is 1.79 bits per heavy atom. The second-order valence-corrected chi connectivity index (χ2v) is 6.45. The molecule has 0 unspecified atom stereocenters. The van der Waals surface area contributed by atoms with Gasteiger partial charge in [0.05, 0.1) is 11.4 Å². The third kappa shape index (κ3) is 3.47. The normalized spacial score (nSPS) is 15.7. The number of para-hydroxylation sites is 1. The van der Waals surface area contributed by atoms with Crippen molar-refractivity contribution < 1.29 is 4.79 Å². The number of hydrogen-bond donors (Lipinski definition) is 0. The van der Waals surface area contributed by atoms with E-state index in [1.807, 2.05) is 27.8 Å². The van der Waals surface area contributed by atoms with E-state index in [1.54, 1.807) is 0 Å². The van der Waals surface area contributed by atoms with E-state index in [1.165, 1.54) is 11.3 Å². The molecule has 0 saturated carbocycles. The molecule has 0 aliphatic carbocycles. The zero-order valence-electron chi connectivity index (χ0n) is 14.2. The number of carbonyl (C=O) groups excluding carboxylic acids is 1. The highest BCUT2D eigenvalue weighted by molar-refractivity contribution is 6.27. The van der Waals surface area contributed by atoms with Gasteiger partial charge in [0.1, 0.15) is 5.88 Å². The molecule has 1 amide bonds. The van der Waals surface area contributed by atoms with E-state index in [0.717, 1.165) is 44.1 Å². The lowest BCUT2D eigenvalue weighted by Gasteiger charge is -2.34. The largest absolute Gasteiger partial charge is 0.339 e. The van der Waals surface area contributed by atoms with Crippen molar-refractivity contribution in [2.24, 2.45) is 0 Å². The van der Waals surface area contributed by atoms with Crippen molar-refractivity contribution in [1.29, 1.82) is 0 Å². The van der Waals surface area contributed by atoms with Gasteiger partial charge < -0.3 is 4.90 Å². The molecule has 0 spiro atoms. The number of rotatable bonds is 4. The van der Waals surface area contributed by atoms with E-state index in [0.29, 0.717) is 0 Å². The van der Waals surface area contributed by atoms with E-state index in [2.05, 4.69) is 30.9 Å². The van der Waals surface area contributed by atoms with Gasteiger partial charge in [-0.05, 0) is 26.0 Å². The van der Waals surface area contributed by atoms with Gasteiger partial charge in [-0.15, -0.1) is 11.6 Å². The number of carbonyl (C=O) groups is 1. The Morgan fingerprint density at radius 1 is 1.12 bits per heavy atom. The Labute approximate surface area is 147 Å². The fourth-order valence-corrected chi connectivity index (χ4v) is 3.36. The van der Waals surface area contributed by atoms with Crippen LogP contribution in [0.4, 0.5) is 0 Å². The van der Waals surface area contributed by atoms with Gasteiger partial charge in [0, 0.05) is 44.0 Å². The molecular weight excluding hydrogens is 324 g/mol. The first kappa shape index (κ1) is 17.0. The highest BCUT2D eigenvalue weighted by Gasteiger charge is 2.22. The molecule has 1 aliphatic rings. The fourth-order valence-electron chi connectivity index (χ4n) is 3.19. The number of nitrogens with zero attached hydrogens (tertiary/aromatic N) is 4. The van der Waals surface area contributed by atoms with Gasteiger partial charge in [0.2, 0.25) is 5.91 Å². The standard InChI is InChI=1S/C18H23ClN4O/c1-14-17(13-21-8-10-22(11-9-21)18(24)12-19)15(2)23(20-14)16-6-4-3-5-7-16/h3-7H,8-13H2,1-2H3. The number of hydrogen-bond acceptors (Lipinski definition) is 3. The SMILES string of the molecule is Cc1nn(-c2ccccc2)c(C)c1CN1CCN(C(=O)CCl)CC1. The van der Waals surface area contributed by atoms with Crippen LogP contribution in [0.5, 0.6) is 0 Å². The summed E-state index contributed by atoms with van der Waals surface area (Å²) in [7, 11) is 0. The maximum Gasteiger partial charge on any atom is 0.237 e. The summed E-state index contributed by atoms with van der Waals surface area (Å²) >= 11 is 5.64. The van der Waals surface area contributed by atoms with Crippen LogP contribution in [0.1, 0.15) is 17.0 Å². The lowest BCUT2D eigenvalue weighted by atomic mass is 10.1. The smallest absolute Gasteiger partial charge is 0.237 e. The number of amides is 1. The van der Waals surface area contributed by atoms with Crippen molar-refractivity contribution in [3.05, 3.63) is 47.3 Å². The Hall–Kier alpha value is -1.85. The molecule has 0 atom stereocenters. The average Bonchev–Trinajstić information content (AvgIpc) is 2.90. The van der Waals surface area contributed by atoms with Crippen molar-refractivity contribution in [2.45, 2.75) is 20.4 Å². The van der Waals surface area contributed by atoms with Gasteiger partial charge in [0.25, 0.3) is 0 Å². The molecule has 1 aliphatic heterocycles. The first-order valence-corrected chi connectivity index (χ1v) is 8.80. The summed E-state index contributed by atoms with van der Waals surface area (Å²) in [6.07, 6.45) is 0. The van der Waals surface area contributed by atoms with Crippen molar-refractivity contribution in [2.75, 3.05) is 32.1 Å². The van der Waals surface area contributed by atoms with Crippen LogP contribution < -0.4 is 0 Å². The van der Waals surface area contributed by atoms with E-state index in [9.17, 15) is 4.79 Å². The molecule has 24 heavy (non-hydrogen) atoms. The van der Waals surface area contributed by atoms with E-state index >= 15 is 0 Å². The van der Waals surface area contributed by atoms with Crippen LogP contribution in [0, 0.1) is 13.8 Å². The third-order valence-corrected chi connectivity index (χ3v) is 4.89. The third-order valence-electron chi connectivity index (χ3n) is 4.66. The number of piperazine rings is 1. The predicted octanol–water partition coefficient (Wildman–Crippen LogP) is 2.37. The Morgan fingerprint density at radius 3 is 2.42 bits per heavy atom. The molecule has 0 bridgehead atoms. The minimum absolute atomic E-state index is 0.0283. The Balaban J connectivity index is 1.71. The van der Waals surface area contributed by atoms with E-state index in [4.69, 9.17) is 16.7 Å². The molecule has 128 valence electrons. The molecule has 2 aromatic rings. The lowest BCUT2D eigenvalue weighted by Crippen LogP contribution is -2.48.